The number of ether oxygens (including phenoxy) is 1. The van der Waals surface area contributed by atoms with Crippen LogP contribution in [0.5, 0.6) is 0 Å². The molecule has 6 nitrogen and oxygen atoms in total. The molecule has 0 radical (unpaired) electrons. The van der Waals surface area contributed by atoms with Crippen LogP contribution in [0.2, 0.25) is 0 Å². The van der Waals surface area contributed by atoms with Gasteiger partial charge in [-0.15, -0.1) is 0 Å². The Morgan fingerprint density at radius 1 is 1.21 bits per heavy atom. The van der Waals surface area contributed by atoms with E-state index in [1.165, 1.54) is 5.57 Å². The maximum absolute atomic E-state index is 12.7. The number of nitrogens with zero attached hydrogens (tertiary/aromatic N) is 1. The van der Waals surface area contributed by atoms with E-state index in [2.05, 4.69) is 38.2 Å². The van der Waals surface area contributed by atoms with Crippen molar-refractivity contribution in [2.75, 3.05) is 27.2 Å². The lowest BCUT2D eigenvalue weighted by atomic mass is 9.69. The molecule has 0 bridgehead atoms. The number of nitrogens with one attached hydrogen (secondary N) is 3. The van der Waals surface area contributed by atoms with E-state index in [1.54, 1.807) is 19.0 Å². The Bertz CT molecular complexity index is 961. The van der Waals surface area contributed by atoms with Crippen LogP contribution in [0.25, 0.3) is 0 Å². The molecular weight excluding hydrogens is 424 g/mol. The molecule has 0 aliphatic heterocycles. The van der Waals surface area contributed by atoms with Gasteiger partial charge in [0, 0.05) is 26.1 Å². The minimum atomic E-state index is -0.804. The number of rotatable bonds is 10. The summed E-state index contributed by atoms with van der Waals surface area (Å²) >= 11 is 0. The molecule has 1 aliphatic rings. The van der Waals surface area contributed by atoms with Gasteiger partial charge < -0.3 is 15.0 Å². The van der Waals surface area contributed by atoms with Crippen LogP contribution >= 0.6 is 0 Å². The summed E-state index contributed by atoms with van der Waals surface area (Å²) in [6.45, 7) is 9.85. The summed E-state index contributed by atoms with van der Waals surface area (Å²) in [5.41, 5.74) is 4.22. The maximum atomic E-state index is 12.7. The van der Waals surface area contributed by atoms with Gasteiger partial charge in [0.1, 0.15) is 0 Å². The van der Waals surface area contributed by atoms with E-state index < -0.39 is 5.41 Å². The van der Waals surface area contributed by atoms with Gasteiger partial charge in [0.05, 0.1) is 5.41 Å². The van der Waals surface area contributed by atoms with Crippen LogP contribution in [0.4, 0.5) is 0 Å². The second-order valence-electron chi connectivity index (χ2n) is 9.15. The van der Waals surface area contributed by atoms with Gasteiger partial charge in [-0.2, -0.15) is 0 Å². The van der Waals surface area contributed by atoms with Gasteiger partial charge in [0.25, 0.3) is 5.91 Å². The third kappa shape index (κ3) is 6.03. The summed E-state index contributed by atoms with van der Waals surface area (Å²) in [6.07, 6.45) is 8.83. The van der Waals surface area contributed by atoms with E-state index in [0.29, 0.717) is 24.9 Å². The molecule has 1 aromatic rings. The van der Waals surface area contributed by atoms with Crippen molar-refractivity contribution in [1.29, 1.82) is 10.8 Å². The SMILES string of the molecule is CC/C=C\C1=C(C)C(CCNCC)(C(=N)OC(=N)CCC)c2ccc(C(=O)N(C)C)cc2CC1. The maximum Gasteiger partial charge on any atom is 0.253 e. The van der Waals surface area contributed by atoms with Crippen molar-refractivity contribution in [1.82, 2.24) is 10.2 Å². The Kier molecular flexibility index (Phi) is 10.2. The minimum Gasteiger partial charge on any atom is -0.428 e. The first-order valence-electron chi connectivity index (χ1n) is 12.5. The predicted molar refractivity (Wildman–Crippen MR) is 141 cm³/mol. The van der Waals surface area contributed by atoms with Crippen LogP contribution in [0, 0.1) is 10.8 Å². The van der Waals surface area contributed by atoms with Crippen molar-refractivity contribution in [3.05, 3.63) is 58.2 Å². The van der Waals surface area contributed by atoms with Crippen LogP contribution in [-0.4, -0.2) is 49.8 Å². The summed E-state index contributed by atoms with van der Waals surface area (Å²) in [5, 5.41) is 20.9. The largest absolute Gasteiger partial charge is 0.428 e. The number of fused-ring (bicyclic) bond motifs is 1. The van der Waals surface area contributed by atoms with E-state index in [0.717, 1.165) is 48.9 Å². The number of carbonyl (C=O) groups is 1. The molecule has 2 rings (SSSR count). The second-order valence-corrected chi connectivity index (χ2v) is 9.15. The monoisotopic (exact) mass is 466 g/mol. The van der Waals surface area contributed by atoms with E-state index in [4.69, 9.17) is 10.1 Å². The Hall–Kier alpha value is -2.73. The van der Waals surface area contributed by atoms with Crippen molar-refractivity contribution in [3.8, 4) is 0 Å². The third-order valence-corrected chi connectivity index (χ3v) is 6.58. The third-order valence-electron chi connectivity index (χ3n) is 6.58. The first-order valence-corrected chi connectivity index (χ1v) is 12.5. The van der Waals surface area contributed by atoms with Crippen LogP contribution in [-0.2, 0) is 16.6 Å². The zero-order valence-corrected chi connectivity index (χ0v) is 21.8. The highest BCUT2D eigenvalue weighted by Gasteiger charge is 2.44. The van der Waals surface area contributed by atoms with Crippen LogP contribution < -0.4 is 5.32 Å². The van der Waals surface area contributed by atoms with Crippen LogP contribution in [0.3, 0.4) is 0 Å². The molecule has 34 heavy (non-hydrogen) atoms. The number of aryl methyl sites for hydroxylation is 1. The molecule has 6 heteroatoms. The average molecular weight is 467 g/mol. The number of benzene rings is 1. The fourth-order valence-corrected chi connectivity index (χ4v) is 4.68. The van der Waals surface area contributed by atoms with Gasteiger partial charge in [0.15, 0.2) is 5.90 Å². The molecule has 186 valence electrons. The lowest BCUT2D eigenvalue weighted by Gasteiger charge is -2.37. The molecule has 1 amide bonds. The van der Waals surface area contributed by atoms with E-state index in [1.807, 2.05) is 25.1 Å². The molecule has 0 spiro atoms. The molecule has 1 aliphatic carbocycles. The summed E-state index contributed by atoms with van der Waals surface area (Å²) in [4.78, 5) is 14.3. The molecule has 1 unspecified atom stereocenters. The zero-order chi connectivity index (χ0) is 25.3. The smallest absolute Gasteiger partial charge is 0.253 e. The Morgan fingerprint density at radius 2 is 1.94 bits per heavy atom. The normalized spacial score (nSPS) is 17.9. The van der Waals surface area contributed by atoms with Crippen molar-refractivity contribution >= 4 is 17.7 Å². The Balaban J connectivity index is 2.76. The molecule has 0 fully saturated rings. The Labute approximate surface area is 205 Å². The van der Waals surface area contributed by atoms with Crippen molar-refractivity contribution in [2.45, 2.75) is 71.6 Å². The van der Waals surface area contributed by atoms with Gasteiger partial charge in [-0.25, -0.2) is 0 Å². The summed E-state index contributed by atoms with van der Waals surface area (Å²) < 4.78 is 5.92. The first-order chi connectivity index (χ1) is 16.2. The zero-order valence-electron chi connectivity index (χ0n) is 21.8. The van der Waals surface area contributed by atoms with Gasteiger partial charge >= 0.3 is 0 Å². The topological polar surface area (TPSA) is 89.3 Å². The molecule has 0 saturated heterocycles. The average Bonchev–Trinajstić information content (AvgIpc) is 2.92. The number of carbonyl (C=O) groups excluding carboxylic acids is 1. The van der Waals surface area contributed by atoms with Crippen molar-refractivity contribution in [2.24, 2.45) is 0 Å². The highest BCUT2D eigenvalue weighted by molar-refractivity contribution is 5.99. The number of allylic oxidation sites excluding steroid dienone is 3. The summed E-state index contributed by atoms with van der Waals surface area (Å²) in [6, 6.07) is 5.87. The number of amides is 1. The van der Waals surface area contributed by atoms with Gasteiger partial charge in [0.2, 0.25) is 5.90 Å². The van der Waals surface area contributed by atoms with Crippen molar-refractivity contribution < 1.29 is 9.53 Å². The van der Waals surface area contributed by atoms with Crippen LogP contribution in [0.1, 0.15) is 81.3 Å². The standard InChI is InChI=1S/C28H42N4O2/c1-7-10-12-21-13-14-22-19-23(26(33)32(5)6)15-16-24(22)28(20(21)4,17-18-31-9-3)27(30)34-25(29)11-8-2/h10,12,15-16,19,29-31H,7-9,11,13-14,17-18H2,1-6H3/b12-10-,29-25?,30-27?. The van der Waals surface area contributed by atoms with E-state index in [-0.39, 0.29) is 17.7 Å². The lowest BCUT2D eigenvalue weighted by molar-refractivity contribution is 0.0827. The van der Waals surface area contributed by atoms with Gasteiger partial charge in [-0.05, 0) is 81.0 Å². The van der Waals surface area contributed by atoms with Gasteiger partial charge in [-0.3, -0.25) is 15.6 Å². The van der Waals surface area contributed by atoms with Crippen molar-refractivity contribution in [3.63, 3.8) is 0 Å². The fourth-order valence-electron chi connectivity index (χ4n) is 4.68. The van der Waals surface area contributed by atoms with E-state index >= 15 is 0 Å². The highest BCUT2D eigenvalue weighted by atomic mass is 16.5. The molecule has 1 aromatic carbocycles. The van der Waals surface area contributed by atoms with E-state index in [9.17, 15) is 10.2 Å². The molecule has 3 N–H and O–H groups in total. The summed E-state index contributed by atoms with van der Waals surface area (Å²) in [7, 11) is 3.52. The number of hydrogen-bond acceptors (Lipinski definition) is 5. The minimum absolute atomic E-state index is 0.0304. The summed E-state index contributed by atoms with van der Waals surface area (Å²) in [5.74, 6) is 0.190. The molecule has 0 heterocycles. The second kappa shape index (κ2) is 12.7. The van der Waals surface area contributed by atoms with Gasteiger partial charge in [-0.1, -0.05) is 44.6 Å². The molecule has 1 atom stereocenters. The predicted octanol–water partition coefficient (Wildman–Crippen LogP) is 5.63. The fraction of sp³-hybridized carbons (Fsp3) is 0.536. The first kappa shape index (κ1) is 27.5. The number of hydrogen-bond donors (Lipinski definition) is 3. The quantitative estimate of drug-likeness (QED) is 0.237. The lowest BCUT2D eigenvalue weighted by Crippen LogP contribution is -2.42. The van der Waals surface area contributed by atoms with Crippen LogP contribution in [0.15, 0.2) is 41.5 Å². The highest BCUT2D eigenvalue weighted by Crippen LogP contribution is 2.44. The molecule has 0 aromatic heterocycles. The molecule has 0 saturated carbocycles. The molecular formula is C28H42N4O2. The Morgan fingerprint density at radius 3 is 2.56 bits per heavy atom.